The summed E-state index contributed by atoms with van der Waals surface area (Å²) in [5, 5.41) is 0. The van der Waals surface area contributed by atoms with Crippen LogP contribution in [-0.2, 0) is 0 Å². The number of hydrogen-bond donors (Lipinski definition) is 0. The Labute approximate surface area is 174 Å². The number of fused-ring (bicyclic) bond motifs is 1. The van der Waals surface area contributed by atoms with E-state index in [4.69, 9.17) is 0 Å². The Bertz CT molecular complexity index is 347. The highest BCUT2D eigenvalue weighted by molar-refractivity contribution is 5.02. The van der Waals surface area contributed by atoms with E-state index in [1.54, 1.807) is 0 Å². The molecule has 0 aromatic rings. The van der Waals surface area contributed by atoms with Crippen molar-refractivity contribution in [2.75, 3.05) is 0 Å². The van der Waals surface area contributed by atoms with E-state index in [2.05, 4.69) is 34.6 Å². The molecule has 0 aromatic carbocycles. The van der Waals surface area contributed by atoms with E-state index in [0.29, 0.717) is 5.41 Å². The van der Waals surface area contributed by atoms with Crippen molar-refractivity contribution in [2.45, 2.75) is 128 Å². The van der Waals surface area contributed by atoms with Crippen LogP contribution in [0.15, 0.2) is 0 Å². The maximum atomic E-state index is 2.68. The summed E-state index contributed by atoms with van der Waals surface area (Å²) >= 11 is 0. The average molecular weight is 381 g/mol. The van der Waals surface area contributed by atoms with Crippen LogP contribution in [-0.4, -0.2) is 0 Å². The molecule has 0 aromatic heterocycles. The first-order valence-electron chi connectivity index (χ1n) is 13.0. The lowest BCUT2D eigenvalue weighted by Gasteiger charge is -2.59. The van der Waals surface area contributed by atoms with Crippen LogP contribution in [0.5, 0.6) is 0 Å². The standard InChI is InChI=1S/C21H38.3C2H6/c1-14-13-18-11-6-7-12-19(18)17(4)20(14)21(5)15(2)9-8-10-16(21)3;3*1-2/h14-20H,6-13H2,1-5H3;3*1-2H3. The van der Waals surface area contributed by atoms with E-state index >= 15 is 0 Å². The topological polar surface area (TPSA) is 0 Å². The molecule has 0 aliphatic heterocycles. The zero-order valence-electron chi connectivity index (χ0n) is 21.2. The summed E-state index contributed by atoms with van der Waals surface area (Å²) in [5.74, 6) is 6.87. The minimum atomic E-state index is 0.597. The lowest BCUT2D eigenvalue weighted by Crippen LogP contribution is -2.52. The van der Waals surface area contributed by atoms with Gasteiger partial charge in [-0.25, -0.2) is 0 Å². The third kappa shape index (κ3) is 5.76. The predicted molar refractivity (Wildman–Crippen MR) is 126 cm³/mol. The van der Waals surface area contributed by atoms with Gasteiger partial charge in [0.15, 0.2) is 0 Å². The van der Waals surface area contributed by atoms with Crippen molar-refractivity contribution in [2.24, 2.45) is 46.8 Å². The van der Waals surface area contributed by atoms with Gasteiger partial charge >= 0.3 is 0 Å². The Hall–Kier alpha value is 0. The largest absolute Gasteiger partial charge is 0.0683 e. The normalized spacial score (nSPS) is 43.4. The van der Waals surface area contributed by atoms with Gasteiger partial charge in [-0.05, 0) is 59.7 Å². The molecule has 3 rings (SSSR count). The molecule has 0 bridgehead atoms. The van der Waals surface area contributed by atoms with Gasteiger partial charge in [-0.1, -0.05) is 115 Å². The second-order valence-electron chi connectivity index (χ2n) is 9.41. The quantitative estimate of drug-likeness (QED) is 0.424. The molecular weight excluding hydrogens is 324 g/mol. The fourth-order valence-electron chi connectivity index (χ4n) is 7.30. The van der Waals surface area contributed by atoms with Gasteiger partial charge in [0.25, 0.3) is 0 Å². The van der Waals surface area contributed by atoms with Crippen molar-refractivity contribution in [1.29, 1.82) is 0 Å². The van der Waals surface area contributed by atoms with Crippen molar-refractivity contribution in [1.82, 2.24) is 0 Å². The van der Waals surface area contributed by atoms with Crippen LogP contribution in [0.4, 0.5) is 0 Å². The maximum Gasteiger partial charge on any atom is -0.0241 e. The molecule has 164 valence electrons. The summed E-state index contributed by atoms with van der Waals surface area (Å²) < 4.78 is 0. The van der Waals surface area contributed by atoms with Gasteiger partial charge in [0.1, 0.15) is 0 Å². The third-order valence-electron chi connectivity index (χ3n) is 8.61. The monoisotopic (exact) mass is 380 g/mol. The van der Waals surface area contributed by atoms with Crippen LogP contribution < -0.4 is 0 Å². The van der Waals surface area contributed by atoms with Gasteiger partial charge < -0.3 is 0 Å². The summed E-state index contributed by atoms with van der Waals surface area (Å²) in [6, 6.07) is 0. The van der Waals surface area contributed by atoms with Crippen LogP contribution in [0.25, 0.3) is 0 Å². The van der Waals surface area contributed by atoms with Crippen LogP contribution >= 0.6 is 0 Å². The Morgan fingerprint density at radius 3 is 1.63 bits per heavy atom. The first-order chi connectivity index (χ1) is 13.0. The van der Waals surface area contributed by atoms with Gasteiger partial charge in [0.2, 0.25) is 0 Å². The summed E-state index contributed by atoms with van der Waals surface area (Å²) in [5.41, 5.74) is 0.597. The van der Waals surface area contributed by atoms with E-state index in [9.17, 15) is 0 Å². The summed E-state index contributed by atoms with van der Waals surface area (Å²) in [6.45, 7) is 25.1. The summed E-state index contributed by atoms with van der Waals surface area (Å²) in [4.78, 5) is 0. The minimum absolute atomic E-state index is 0.597. The Morgan fingerprint density at radius 2 is 1.11 bits per heavy atom. The molecular formula is C27H56. The van der Waals surface area contributed by atoms with Gasteiger partial charge in [0.05, 0.1) is 0 Å². The summed E-state index contributed by atoms with van der Waals surface area (Å²) in [7, 11) is 0. The molecule has 0 N–H and O–H groups in total. The van der Waals surface area contributed by atoms with Crippen LogP contribution in [0.3, 0.4) is 0 Å². The van der Waals surface area contributed by atoms with Crippen molar-refractivity contribution in [3.63, 3.8) is 0 Å². The van der Waals surface area contributed by atoms with E-state index < -0.39 is 0 Å². The average Bonchev–Trinajstić information content (AvgIpc) is 2.71. The van der Waals surface area contributed by atoms with E-state index in [-0.39, 0.29) is 0 Å². The van der Waals surface area contributed by atoms with Crippen LogP contribution in [0, 0.1) is 46.8 Å². The fourth-order valence-corrected chi connectivity index (χ4v) is 7.30. The molecule has 3 fully saturated rings. The first-order valence-corrected chi connectivity index (χ1v) is 13.0. The fraction of sp³-hybridized carbons (Fsp3) is 1.00. The zero-order valence-corrected chi connectivity index (χ0v) is 21.2. The smallest absolute Gasteiger partial charge is 0.0241 e. The zero-order chi connectivity index (χ0) is 21.2. The summed E-state index contributed by atoms with van der Waals surface area (Å²) in [6.07, 6.45) is 12.1. The van der Waals surface area contributed by atoms with E-state index in [1.165, 1.54) is 51.4 Å². The molecule has 3 aliphatic carbocycles. The first kappa shape index (κ1) is 27.0. The Kier molecular flexibility index (Phi) is 13.3. The lowest BCUT2D eigenvalue weighted by atomic mass is 9.46. The van der Waals surface area contributed by atoms with Crippen LogP contribution in [0.1, 0.15) is 128 Å². The van der Waals surface area contributed by atoms with Crippen molar-refractivity contribution >= 4 is 0 Å². The second kappa shape index (κ2) is 13.3. The molecule has 0 heteroatoms. The predicted octanol–water partition coefficient (Wildman–Crippen LogP) is 9.63. The number of hydrogen-bond acceptors (Lipinski definition) is 0. The molecule has 0 radical (unpaired) electrons. The molecule has 0 saturated heterocycles. The molecule has 3 aliphatic rings. The highest BCUT2D eigenvalue weighted by Crippen LogP contribution is 2.60. The van der Waals surface area contributed by atoms with Crippen LogP contribution in [0.2, 0.25) is 0 Å². The molecule has 7 unspecified atom stereocenters. The van der Waals surface area contributed by atoms with Gasteiger partial charge in [-0.2, -0.15) is 0 Å². The molecule has 0 amide bonds. The Balaban J connectivity index is 0.00000103. The minimum Gasteiger partial charge on any atom is -0.0683 e. The SMILES string of the molecule is CC.CC.CC.CC1CC2CCCCC2C(C)C1C1(C)C(C)CCCC1C. The van der Waals surface area contributed by atoms with E-state index in [1.807, 2.05) is 41.5 Å². The van der Waals surface area contributed by atoms with Crippen molar-refractivity contribution < 1.29 is 0 Å². The molecule has 0 heterocycles. The van der Waals surface area contributed by atoms with Crippen molar-refractivity contribution in [3.8, 4) is 0 Å². The highest BCUT2D eigenvalue weighted by Gasteiger charge is 2.53. The maximum absolute atomic E-state index is 2.68. The molecule has 3 saturated carbocycles. The van der Waals surface area contributed by atoms with E-state index in [0.717, 1.165) is 41.4 Å². The van der Waals surface area contributed by atoms with Gasteiger partial charge in [-0.3, -0.25) is 0 Å². The van der Waals surface area contributed by atoms with Gasteiger partial charge in [0, 0.05) is 0 Å². The van der Waals surface area contributed by atoms with Gasteiger partial charge in [-0.15, -0.1) is 0 Å². The molecule has 7 atom stereocenters. The molecule has 27 heavy (non-hydrogen) atoms. The third-order valence-corrected chi connectivity index (χ3v) is 8.61. The highest BCUT2D eigenvalue weighted by atomic mass is 14.6. The Morgan fingerprint density at radius 1 is 0.630 bits per heavy atom. The molecule has 0 nitrogen and oxygen atoms in total. The van der Waals surface area contributed by atoms with Crippen molar-refractivity contribution in [3.05, 3.63) is 0 Å². The number of rotatable bonds is 1. The molecule has 0 spiro atoms. The second-order valence-corrected chi connectivity index (χ2v) is 9.41. The lowest BCUT2D eigenvalue weighted by molar-refractivity contribution is -0.104.